The standard InChI is InChI=1S/C18H21BClNO4S/c1-17(2)18(3,4)25-19(24-17)13-9-11-14(12-10-13)21-26(22,23)16-8-6-5-7-15(16)20/h5-12,21H,1-4H3. The van der Waals surface area contributed by atoms with Gasteiger partial charge in [0.15, 0.2) is 0 Å². The third kappa shape index (κ3) is 3.62. The fourth-order valence-corrected chi connectivity index (χ4v) is 4.14. The van der Waals surface area contributed by atoms with E-state index in [9.17, 15) is 8.42 Å². The van der Waals surface area contributed by atoms with Crippen molar-refractivity contribution in [2.24, 2.45) is 0 Å². The summed E-state index contributed by atoms with van der Waals surface area (Å²) < 4.78 is 39.5. The summed E-state index contributed by atoms with van der Waals surface area (Å²) in [6.45, 7) is 7.94. The normalized spacial score (nSPS) is 18.7. The molecule has 0 atom stereocenters. The van der Waals surface area contributed by atoms with Crippen LogP contribution in [0.3, 0.4) is 0 Å². The van der Waals surface area contributed by atoms with Crippen molar-refractivity contribution in [3.8, 4) is 0 Å². The number of rotatable bonds is 4. The van der Waals surface area contributed by atoms with Gasteiger partial charge in [0.2, 0.25) is 0 Å². The second kappa shape index (κ2) is 6.57. The van der Waals surface area contributed by atoms with E-state index in [0.717, 1.165) is 5.46 Å². The van der Waals surface area contributed by atoms with Gasteiger partial charge in [0.25, 0.3) is 10.0 Å². The van der Waals surface area contributed by atoms with Crippen molar-refractivity contribution in [1.82, 2.24) is 0 Å². The Morgan fingerprint density at radius 2 is 1.46 bits per heavy atom. The average molecular weight is 394 g/mol. The van der Waals surface area contributed by atoms with E-state index in [0.29, 0.717) is 5.69 Å². The highest BCUT2D eigenvalue weighted by atomic mass is 35.5. The van der Waals surface area contributed by atoms with Crippen molar-refractivity contribution in [3.63, 3.8) is 0 Å². The van der Waals surface area contributed by atoms with Crippen molar-refractivity contribution in [2.75, 3.05) is 4.72 Å². The first kappa shape index (κ1) is 19.2. The predicted octanol–water partition coefficient (Wildman–Crippen LogP) is 3.44. The maximum absolute atomic E-state index is 12.5. The summed E-state index contributed by atoms with van der Waals surface area (Å²) in [4.78, 5) is 0.0386. The van der Waals surface area contributed by atoms with Crippen LogP contribution in [0.15, 0.2) is 53.4 Å². The first-order chi connectivity index (χ1) is 12.0. The van der Waals surface area contributed by atoms with Gasteiger partial charge in [-0.15, -0.1) is 0 Å². The molecule has 0 amide bonds. The molecule has 1 aliphatic rings. The molecule has 0 aromatic heterocycles. The van der Waals surface area contributed by atoms with Crippen LogP contribution in [0.5, 0.6) is 0 Å². The molecule has 5 nitrogen and oxygen atoms in total. The quantitative estimate of drug-likeness (QED) is 0.808. The van der Waals surface area contributed by atoms with Gasteiger partial charge in [-0.2, -0.15) is 0 Å². The van der Waals surface area contributed by atoms with Gasteiger partial charge in [-0.3, -0.25) is 4.72 Å². The van der Waals surface area contributed by atoms with Gasteiger partial charge in [0, 0.05) is 5.69 Å². The number of hydrogen-bond donors (Lipinski definition) is 1. The van der Waals surface area contributed by atoms with E-state index in [1.165, 1.54) is 12.1 Å². The van der Waals surface area contributed by atoms with E-state index in [4.69, 9.17) is 20.9 Å². The van der Waals surface area contributed by atoms with Crippen LogP contribution >= 0.6 is 11.6 Å². The first-order valence-electron chi connectivity index (χ1n) is 8.25. The minimum absolute atomic E-state index is 0.0386. The second-order valence-electron chi connectivity index (χ2n) is 7.25. The fraction of sp³-hybridized carbons (Fsp3) is 0.333. The summed E-state index contributed by atoms with van der Waals surface area (Å²) in [6.07, 6.45) is 0. The van der Waals surface area contributed by atoms with Gasteiger partial charge in [0.05, 0.1) is 16.2 Å². The van der Waals surface area contributed by atoms with E-state index in [1.54, 1.807) is 36.4 Å². The molecule has 138 valence electrons. The molecule has 0 unspecified atom stereocenters. The molecule has 1 saturated heterocycles. The third-order valence-corrected chi connectivity index (χ3v) is 6.70. The van der Waals surface area contributed by atoms with Crippen LogP contribution in [0.1, 0.15) is 27.7 Å². The zero-order valence-corrected chi connectivity index (χ0v) is 16.7. The van der Waals surface area contributed by atoms with Gasteiger partial charge in [-0.05, 0) is 57.4 Å². The molecule has 1 heterocycles. The lowest BCUT2D eigenvalue weighted by atomic mass is 9.79. The van der Waals surface area contributed by atoms with Gasteiger partial charge in [-0.25, -0.2) is 8.42 Å². The second-order valence-corrected chi connectivity index (χ2v) is 9.30. The van der Waals surface area contributed by atoms with Crippen molar-refractivity contribution in [2.45, 2.75) is 43.8 Å². The number of halogens is 1. The Hall–Kier alpha value is -1.54. The Morgan fingerprint density at radius 1 is 0.923 bits per heavy atom. The summed E-state index contributed by atoms with van der Waals surface area (Å²) in [7, 11) is -4.25. The van der Waals surface area contributed by atoms with Crippen LogP contribution in [-0.4, -0.2) is 26.7 Å². The van der Waals surface area contributed by atoms with Gasteiger partial charge < -0.3 is 9.31 Å². The van der Waals surface area contributed by atoms with Gasteiger partial charge in [0.1, 0.15) is 4.90 Å². The summed E-state index contributed by atoms with van der Waals surface area (Å²) in [6, 6.07) is 13.2. The van der Waals surface area contributed by atoms with Crippen molar-refractivity contribution < 1.29 is 17.7 Å². The number of anilines is 1. The Labute approximate surface area is 159 Å². The van der Waals surface area contributed by atoms with Crippen LogP contribution in [0, 0.1) is 0 Å². The lowest BCUT2D eigenvalue weighted by Gasteiger charge is -2.32. The van der Waals surface area contributed by atoms with E-state index >= 15 is 0 Å². The topological polar surface area (TPSA) is 64.6 Å². The minimum atomic E-state index is -3.76. The Morgan fingerprint density at radius 3 is 2.00 bits per heavy atom. The highest BCUT2D eigenvalue weighted by Gasteiger charge is 2.51. The van der Waals surface area contributed by atoms with E-state index in [1.807, 2.05) is 27.7 Å². The molecule has 1 fully saturated rings. The highest BCUT2D eigenvalue weighted by Crippen LogP contribution is 2.36. The number of benzene rings is 2. The van der Waals surface area contributed by atoms with Gasteiger partial charge in [-0.1, -0.05) is 35.9 Å². The lowest BCUT2D eigenvalue weighted by molar-refractivity contribution is 0.00578. The minimum Gasteiger partial charge on any atom is -0.399 e. The van der Waals surface area contributed by atoms with Crippen LogP contribution in [-0.2, 0) is 19.3 Å². The molecule has 0 saturated carbocycles. The molecule has 2 aromatic rings. The zero-order valence-electron chi connectivity index (χ0n) is 15.1. The molecule has 0 bridgehead atoms. The number of hydrogen-bond acceptors (Lipinski definition) is 4. The smallest absolute Gasteiger partial charge is 0.399 e. The maximum atomic E-state index is 12.5. The molecule has 0 spiro atoms. The van der Waals surface area contributed by atoms with Crippen LogP contribution < -0.4 is 10.2 Å². The zero-order chi connectivity index (χ0) is 19.2. The molecule has 2 aromatic carbocycles. The molecular weight excluding hydrogens is 373 g/mol. The van der Waals surface area contributed by atoms with Crippen molar-refractivity contribution >= 4 is 39.9 Å². The highest BCUT2D eigenvalue weighted by molar-refractivity contribution is 7.92. The van der Waals surface area contributed by atoms with Crippen LogP contribution in [0.2, 0.25) is 5.02 Å². The van der Waals surface area contributed by atoms with Crippen LogP contribution in [0.4, 0.5) is 5.69 Å². The molecule has 8 heteroatoms. The lowest BCUT2D eigenvalue weighted by Crippen LogP contribution is -2.41. The molecule has 3 rings (SSSR count). The summed E-state index contributed by atoms with van der Waals surface area (Å²) in [5.74, 6) is 0. The number of sulfonamides is 1. The monoisotopic (exact) mass is 393 g/mol. The predicted molar refractivity (Wildman–Crippen MR) is 104 cm³/mol. The Bertz CT molecular complexity index is 897. The molecule has 1 aliphatic heterocycles. The number of nitrogens with one attached hydrogen (secondary N) is 1. The van der Waals surface area contributed by atoms with Crippen molar-refractivity contribution in [3.05, 3.63) is 53.6 Å². The third-order valence-electron chi connectivity index (χ3n) is 4.81. The van der Waals surface area contributed by atoms with Crippen molar-refractivity contribution in [1.29, 1.82) is 0 Å². The Kier molecular flexibility index (Phi) is 4.86. The molecule has 1 N–H and O–H groups in total. The first-order valence-corrected chi connectivity index (χ1v) is 10.1. The molecular formula is C18H21BClNO4S. The SMILES string of the molecule is CC1(C)OB(c2ccc(NS(=O)(=O)c3ccccc3Cl)cc2)OC1(C)C. The van der Waals surface area contributed by atoms with Gasteiger partial charge >= 0.3 is 7.12 Å². The Balaban J connectivity index is 1.78. The van der Waals surface area contributed by atoms with Crippen LogP contribution in [0.25, 0.3) is 0 Å². The van der Waals surface area contributed by atoms with E-state index in [2.05, 4.69) is 4.72 Å². The average Bonchev–Trinajstić information content (AvgIpc) is 2.76. The fourth-order valence-electron chi connectivity index (χ4n) is 2.56. The molecule has 26 heavy (non-hydrogen) atoms. The maximum Gasteiger partial charge on any atom is 0.494 e. The summed E-state index contributed by atoms with van der Waals surface area (Å²) in [5.41, 5.74) is 0.402. The molecule has 0 aliphatic carbocycles. The van der Waals surface area contributed by atoms with E-state index in [-0.39, 0.29) is 9.92 Å². The van der Waals surface area contributed by atoms with E-state index < -0.39 is 28.3 Å². The largest absolute Gasteiger partial charge is 0.494 e. The summed E-state index contributed by atoms with van der Waals surface area (Å²) >= 11 is 5.99. The molecule has 0 radical (unpaired) electrons. The summed E-state index contributed by atoms with van der Waals surface area (Å²) in [5, 5.41) is 0.175.